The molecule has 3 rings (SSSR count). The Labute approximate surface area is 115 Å². The van der Waals surface area contributed by atoms with E-state index >= 15 is 0 Å². The zero-order chi connectivity index (χ0) is 13.1. The van der Waals surface area contributed by atoms with Crippen molar-refractivity contribution < 1.29 is 4.74 Å². The van der Waals surface area contributed by atoms with Crippen LogP contribution < -0.4 is 15.4 Å². The Balaban J connectivity index is 1.65. The summed E-state index contributed by atoms with van der Waals surface area (Å²) in [5.74, 6) is 0.916. The average Bonchev–Trinajstić information content (AvgIpc) is 2.93. The maximum atomic E-state index is 6.01. The van der Waals surface area contributed by atoms with Crippen molar-refractivity contribution in [2.45, 2.75) is 50.7 Å². The van der Waals surface area contributed by atoms with E-state index < -0.39 is 0 Å². The van der Waals surface area contributed by atoms with Crippen LogP contribution in [0.5, 0.6) is 5.75 Å². The van der Waals surface area contributed by atoms with Gasteiger partial charge in [-0.05, 0) is 38.5 Å². The lowest BCUT2D eigenvalue weighted by Gasteiger charge is -2.31. The van der Waals surface area contributed by atoms with Gasteiger partial charge < -0.3 is 15.4 Å². The maximum absolute atomic E-state index is 6.01. The Hall–Kier alpha value is -1.29. The standard InChI is InChI=1S/C15H23N3O/c16-12-5-7-18(8-6-12)13-9-15(11-17-10-13)19-14-3-1-2-4-14/h9-12,14H,1-8,16H2. The SMILES string of the molecule is NC1CCN(c2cncc(OC3CCCC3)c2)CC1. The Morgan fingerprint density at radius 2 is 1.84 bits per heavy atom. The van der Waals surface area contributed by atoms with E-state index in [2.05, 4.69) is 16.0 Å². The van der Waals surface area contributed by atoms with Gasteiger partial charge in [-0.25, -0.2) is 0 Å². The third-order valence-corrected chi connectivity index (χ3v) is 4.21. The molecule has 2 heterocycles. The Bertz CT molecular complexity index is 410. The predicted octanol–water partition coefficient (Wildman–Crippen LogP) is 2.33. The Morgan fingerprint density at radius 1 is 1.11 bits per heavy atom. The highest BCUT2D eigenvalue weighted by molar-refractivity contribution is 5.48. The molecule has 0 bridgehead atoms. The molecule has 0 amide bonds. The number of aromatic nitrogens is 1. The molecule has 104 valence electrons. The van der Waals surface area contributed by atoms with Crippen LogP contribution in [-0.4, -0.2) is 30.2 Å². The van der Waals surface area contributed by atoms with Crippen LogP contribution >= 0.6 is 0 Å². The van der Waals surface area contributed by atoms with Crippen LogP contribution in [0, 0.1) is 0 Å². The molecule has 4 nitrogen and oxygen atoms in total. The number of nitrogens with two attached hydrogens (primary N) is 1. The highest BCUT2D eigenvalue weighted by atomic mass is 16.5. The fraction of sp³-hybridized carbons (Fsp3) is 0.667. The second kappa shape index (κ2) is 5.78. The summed E-state index contributed by atoms with van der Waals surface area (Å²) in [6.45, 7) is 2.05. The number of anilines is 1. The third kappa shape index (κ3) is 3.18. The summed E-state index contributed by atoms with van der Waals surface area (Å²) < 4.78 is 6.01. The minimum Gasteiger partial charge on any atom is -0.489 e. The molecule has 0 atom stereocenters. The van der Waals surface area contributed by atoms with E-state index in [0.29, 0.717) is 12.1 Å². The van der Waals surface area contributed by atoms with Gasteiger partial charge in [-0.1, -0.05) is 0 Å². The van der Waals surface area contributed by atoms with Gasteiger partial charge in [0.2, 0.25) is 0 Å². The van der Waals surface area contributed by atoms with Crippen LogP contribution in [-0.2, 0) is 0 Å². The lowest BCUT2D eigenvalue weighted by Crippen LogP contribution is -2.39. The highest BCUT2D eigenvalue weighted by Gasteiger charge is 2.19. The van der Waals surface area contributed by atoms with Crippen molar-refractivity contribution >= 4 is 5.69 Å². The summed E-state index contributed by atoms with van der Waals surface area (Å²) >= 11 is 0. The molecule has 2 aliphatic rings. The van der Waals surface area contributed by atoms with E-state index in [1.165, 1.54) is 31.4 Å². The molecular formula is C15H23N3O. The van der Waals surface area contributed by atoms with Gasteiger partial charge in [-0.3, -0.25) is 4.98 Å². The van der Waals surface area contributed by atoms with Gasteiger partial charge >= 0.3 is 0 Å². The molecule has 0 spiro atoms. The van der Waals surface area contributed by atoms with Crippen molar-refractivity contribution in [3.05, 3.63) is 18.5 Å². The van der Waals surface area contributed by atoms with Crippen molar-refractivity contribution in [1.29, 1.82) is 0 Å². The van der Waals surface area contributed by atoms with Gasteiger partial charge in [0.25, 0.3) is 0 Å². The molecular weight excluding hydrogens is 238 g/mol. The lowest BCUT2D eigenvalue weighted by molar-refractivity contribution is 0.209. The zero-order valence-corrected chi connectivity index (χ0v) is 11.4. The first-order chi connectivity index (χ1) is 9.31. The molecule has 4 heteroatoms. The monoisotopic (exact) mass is 261 g/mol. The maximum Gasteiger partial charge on any atom is 0.140 e. The van der Waals surface area contributed by atoms with Crippen molar-refractivity contribution in [2.24, 2.45) is 5.73 Å². The molecule has 0 radical (unpaired) electrons. The van der Waals surface area contributed by atoms with Gasteiger partial charge in [-0.2, -0.15) is 0 Å². The summed E-state index contributed by atoms with van der Waals surface area (Å²) in [5, 5.41) is 0. The van der Waals surface area contributed by atoms with Gasteiger partial charge in [0.1, 0.15) is 5.75 Å². The summed E-state index contributed by atoms with van der Waals surface area (Å²) in [7, 11) is 0. The molecule has 1 saturated heterocycles. The number of nitrogens with zero attached hydrogens (tertiary/aromatic N) is 2. The molecule has 1 aliphatic carbocycles. The van der Waals surface area contributed by atoms with E-state index in [0.717, 1.165) is 31.7 Å². The molecule has 2 N–H and O–H groups in total. The van der Waals surface area contributed by atoms with Gasteiger partial charge in [-0.15, -0.1) is 0 Å². The first kappa shape index (κ1) is 12.7. The van der Waals surface area contributed by atoms with Crippen LogP contribution in [0.1, 0.15) is 38.5 Å². The smallest absolute Gasteiger partial charge is 0.140 e. The van der Waals surface area contributed by atoms with E-state index in [-0.39, 0.29) is 0 Å². The van der Waals surface area contributed by atoms with Crippen LogP contribution in [0.2, 0.25) is 0 Å². The molecule has 1 saturated carbocycles. The molecule has 2 fully saturated rings. The fourth-order valence-corrected chi connectivity index (χ4v) is 3.00. The third-order valence-electron chi connectivity index (χ3n) is 4.21. The molecule has 1 aromatic rings. The number of pyridine rings is 1. The van der Waals surface area contributed by atoms with Gasteiger partial charge in [0.05, 0.1) is 24.2 Å². The van der Waals surface area contributed by atoms with Gasteiger partial charge in [0, 0.05) is 25.2 Å². The molecule has 1 aromatic heterocycles. The number of piperidine rings is 1. The fourth-order valence-electron chi connectivity index (χ4n) is 3.00. The summed E-state index contributed by atoms with van der Waals surface area (Å²) in [5.41, 5.74) is 7.12. The van der Waals surface area contributed by atoms with Gasteiger partial charge in [0.15, 0.2) is 0 Å². The number of rotatable bonds is 3. The topological polar surface area (TPSA) is 51.4 Å². The minimum atomic E-state index is 0.363. The quantitative estimate of drug-likeness (QED) is 0.907. The number of hydrogen-bond donors (Lipinski definition) is 1. The number of hydrogen-bond acceptors (Lipinski definition) is 4. The van der Waals surface area contributed by atoms with E-state index in [1.807, 2.05) is 12.4 Å². The lowest BCUT2D eigenvalue weighted by atomic mass is 10.1. The first-order valence-electron chi connectivity index (χ1n) is 7.43. The van der Waals surface area contributed by atoms with Crippen molar-refractivity contribution in [3.8, 4) is 5.75 Å². The Kier molecular flexibility index (Phi) is 3.87. The van der Waals surface area contributed by atoms with E-state index in [1.54, 1.807) is 0 Å². The Morgan fingerprint density at radius 3 is 2.58 bits per heavy atom. The number of ether oxygens (including phenoxy) is 1. The zero-order valence-electron chi connectivity index (χ0n) is 11.4. The van der Waals surface area contributed by atoms with E-state index in [9.17, 15) is 0 Å². The summed E-state index contributed by atoms with van der Waals surface area (Å²) in [6, 6.07) is 2.49. The van der Waals surface area contributed by atoms with Crippen LogP contribution in [0.3, 0.4) is 0 Å². The summed E-state index contributed by atoms with van der Waals surface area (Å²) in [6.07, 6.45) is 11.2. The van der Waals surface area contributed by atoms with Crippen LogP contribution in [0.4, 0.5) is 5.69 Å². The molecule has 19 heavy (non-hydrogen) atoms. The largest absolute Gasteiger partial charge is 0.489 e. The van der Waals surface area contributed by atoms with Crippen LogP contribution in [0.15, 0.2) is 18.5 Å². The highest BCUT2D eigenvalue weighted by Crippen LogP contribution is 2.27. The molecule has 0 unspecified atom stereocenters. The second-order valence-corrected chi connectivity index (χ2v) is 5.73. The second-order valence-electron chi connectivity index (χ2n) is 5.73. The summed E-state index contributed by atoms with van der Waals surface area (Å²) in [4.78, 5) is 6.68. The van der Waals surface area contributed by atoms with Crippen molar-refractivity contribution in [1.82, 2.24) is 4.98 Å². The normalized spacial score (nSPS) is 21.8. The minimum absolute atomic E-state index is 0.363. The predicted molar refractivity (Wildman–Crippen MR) is 76.5 cm³/mol. The first-order valence-corrected chi connectivity index (χ1v) is 7.43. The van der Waals surface area contributed by atoms with E-state index in [4.69, 9.17) is 10.5 Å². The van der Waals surface area contributed by atoms with Crippen LogP contribution in [0.25, 0.3) is 0 Å². The van der Waals surface area contributed by atoms with Crippen molar-refractivity contribution in [3.63, 3.8) is 0 Å². The average molecular weight is 261 g/mol. The molecule has 1 aliphatic heterocycles. The molecule has 0 aromatic carbocycles. The van der Waals surface area contributed by atoms with Crippen molar-refractivity contribution in [2.75, 3.05) is 18.0 Å².